The van der Waals surface area contributed by atoms with Crippen LogP contribution in [0.25, 0.3) is 0 Å². The summed E-state index contributed by atoms with van der Waals surface area (Å²) in [4.78, 5) is 34.3. The van der Waals surface area contributed by atoms with Crippen molar-refractivity contribution in [2.24, 2.45) is 0 Å². The van der Waals surface area contributed by atoms with Crippen LogP contribution in [-0.2, 0) is 19.1 Å². The molecule has 0 saturated carbocycles. The molecule has 128 valence electrons. The van der Waals surface area contributed by atoms with Crippen LogP contribution in [0.1, 0.15) is 25.5 Å². The number of carbonyl (C=O) groups excluding carboxylic acids is 2. The number of carbonyl (C=O) groups is 2. The standard InChI is InChI=1S/C15H15NO8/c1-3-22-14(18)11-12(17)9-7-8(16(20)21)5-6-10(9)24-13(11)15(19)23-4-2/h5-7,12,17H,3-4H2,1-2H3. The molecule has 0 bridgehead atoms. The third kappa shape index (κ3) is 3.20. The van der Waals surface area contributed by atoms with Crippen LogP contribution in [0.3, 0.4) is 0 Å². The van der Waals surface area contributed by atoms with Gasteiger partial charge < -0.3 is 19.3 Å². The number of ether oxygens (including phenoxy) is 3. The fourth-order valence-electron chi connectivity index (χ4n) is 2.16. The zero-order chi connectivity index (χ0) is 17.9. The van der Waals surface area contributed by atoms with Crippen LogP contribution >= 0.6 is 0 Å². The molecule has 1 aliphatic rings. The molecule has 1 N–H and O–H groups in total. The second-order valence-electron chi connectivity index (χ2n) is 4.67. The van der Waals surface area contributed by atoms with Crippen molar-refractivity contribution in [3.05, 3.63) is 45.2 Å². The first kappa shape index (κ1) is 17.4. The maximum Gasteiger partial charge on any atom is 0.374 e. The summed E-state index contributed by atoms with van der Waals surface area (Å²) in [6.45, 7) is 3.16. The summed E-state index contributed by atoms with van der Waals surface area (Å²) in [5.41, 5.74) is -0.761. The Kier molecular flexibility index (Phi) is 5.14. The lowest BCUT2D eigenvalue weighted by atomic mass is 9.96. The highest BCUT2D eigenvalue weighted by atomic mass is 16.6. The Morgan fingerprint density at radius 3 is 2.46 bits per heavy atom. The van der Waals surface area contributed by atoms with Crippen molar-refractivity contribution >= 4 is 17.6 Å². The molecule has 1 unspecified atom stereocenters. The molecule has 0 saturated heterocycles. The Hall–Kier alpha value is -2.94. The van der Waals surface area contributed by atoms with E-state index < -0.39 is 34.3 Å². The highest BCUT2D eigenvalue weighted by Gasteiger charge is 2.38. The Bertz CT molecular complexity index is 724. The van der Waals surface area contributed by atoms with Crippen LogP contribution in [0.2, 0.25) is 0 Å². The molecule has 1 aliphatic heterocycles. The third-order valence-electron chi connectivity index (χ3n) is 3.19. The molecule has 0 fully saturated rings. The van der Waals surface area contributed by atoms with Crippen molar-refractivity contribution in [3.8, 4) is 5.75 Å². The van der Waals surface area contributed by atoms with Gasteiger partial charge in [-0.25, -0.2) is 9.59 Å². The van der Waals surface area contributed by atoms with Gasteiger partial charge in [0.25, 0.3) is 5.69 Å². The van der Waals surface area contributed by atoms with Crippen molar-refractivity contribution in [1.82, 2.24) is 0 Å². The lowest BCUT2D eigenvalue weighted by Crippen LogP contribution is -2.27. The average molecular weight is 337 g/mol. The summed E-state index contributed by atoms with van der Waals surface area (Å²) in [6, 6.07) is 3.46. The number of fused-ring (bicyclic) bond motifs is 1. The second-order valence-corrected chi connectivity index (χ2v) is 4.67. The maximum absolute atomic E-state index is 12.1. The number of aliphatic hydroxyl groups excluding tert-OH is 1. The van der Waals surface area contributed by atoms with E-state index in [1.807, 2.05) is 0 Å². The normalized spacial score (nSPS) is 16.0. The summed E-state index contributed by atoms with van der Waals surface area (Å²) in [5, 5.41) is 21.3. The Morgan fingerprint density at radius 1 is 1.25 bits per heavy atom. The van der Waals surface area contributed by atoms with Crippen LogP contribution in [-0.4, -0.2) is 35.2 Å². The van der Waals surface area contributed by atoms with Gasteiger partial charge in [0.1, 0.15) is 17.4 Å². The van der Waals surface area contributed by atoms with E-state index in [0.717, 1.165) is 12.1 Å². The Morgan fingerprint density at radius 2 is 1.88 bits per heavy atom. The zero-order valence-corrected chi connectivity index (χ0v) is 13.0. The van der Waals surface area contributed by atoms with Gasteiger partial charge in [-0.15, -0.1) is 0 Å². The number of benzene rings is 1. The van der Waals surface area contributed by atoms with Gasteiger partial charge in [-0.1, -0.05) is 0 Å². The second kappa shape index (κ2) is 7.09. The quantitative estimate of drug-likeness (QED) is 0.485. The van der Waals surface area contributed by atoms with Crippen molar-refractivity contribution in [1.29, 1.82) is 0 Å². The number of hydrogen-bond acceptors (Lipinski definition) is 8. The fraction of sp³-hybridized carbons (Fsp3) is 0.333. The number of hydrogen-bond donors (Lipinski definition) is 1. The minimum Gasteiger partial charge on any atom is -0.462 e. The van der Waals surface area contributed by atoms with Crippen molar-refractivity contribution in [2.45, 2.75) is 20.0 Å². The largest absolute Gasteiger partial charge is 0.462 e. The van der Waals surface area contributed by atoms with Crippen LogP contribution < -0.4 is 4.74 Å². The first-order valence-corrected chi connectivity index (χ1v) is 7.13. The molecular formula is C15H15NO8. The molecule has 9 heteroatoms. The first-order valence-electron chi connectivity index (χ1n) is 7.13. The van der Waals surface area contributed by atoms with E-state index in [9.17, 15) is 24.8 Å². The van der Waals surface area contributed by atoms with E-state index in [1.54, 1.807) is 13.8 Å². The topological polar surface area (TPSA) is 125 Å². The smallest absolute Gasteiger partial charge is 0.374 e. The minimum atomic E-state index is -1.62. The van der Waals surface area contributed by atoms with Crippen molar-refractivity contribution in [3.63, 3.8) is 0 Å². The molecule has 0 aromatic heterocycles. The number of nitro benzene ring substituents is 1. The Labute approximate surface area is 136 Å². The Balaban J connectivity index is 2.54. The SMILES string of the molecule is CCOC(=O)C1=C(C(=O)OCC)C(O)c2cc([N+](=O)[O-])ccc2O1. The average Bonchev–Trinajstić information content (AvgIpc) is 2.54. The molecule has 1 aromatic rings. The van der Waals surface area contributed by atoms with Gasteiger partial charge in [0.05, 0.1) is 18.1 Å². The molecule has 0 radical (unpaired) electrons. The van der Waals surface area contributed by atoms with Gasteiger partial charge >= 0.3 is 11.9 Å². The molecular weight excluding hydrogens is 322 g/mol. The summed E-state index contributed by atoms with van der Waals surface area (Å²) < 4.78 is 15.0. The monoisotopic (exact) mass is 337 g/mol. The predicted octanol–water partition coefficient (Wildman–Crippen LogP) is 1.40. The van der Waals surface area contributed by atoms with Gasteiger partial charge in [-0.05, 0) is 19.9 Å². The lowest BCUT2D eigenvalue weighted by molar-refractivity contribution is -0.385. The summed E-state index contributed by atoms with van der Waals surface area (Å²) >= 11 is 0. The zero-order valence-electron chi connectivity index (χ0n) is 13.0. The number of nitrogens with zero attached hydrogens (tertiary/aromatic N) is 1. The van der Waals surface area contributed by atoms with Gasteiger partial charge in [-0.3, -0.25) is 10.1 Å². The van der Waals surface area contributed by atoms with E-state index in [1.165, 1.54) is 6.07 Å². The third-order valence-corrected chi connectivity index (χ3v) is 3.19. The van der Waals surface area contributed by atoms with Crippen LogP contribution in [0.15, 0.2) is 29.5 Å². The van der Waals surface area contributed by atoms with E-state index in [2.05, 4.69) is 0 Å². The van der Waals surface area contributed by atoms with Crippen LogP contribution in [0.4, 0.5) is 5.69 Å². The number of rotatable bonds is 5. The molecule has 1 aromatic carbocycles. The van der Waals surface area contributed by atoms with E-state index >= 15 is 0 Å². The molecule has 0 spiro atoms. The number of non-ortho nitro benzene ring substituents is 1. The maximum atomic E-state index is 12.1. The summed E-state index contributed by atoms with van der Waals surface area (Å²) in [7, 11) is 0. The molecule has 24 heavy (non-hydrogen) atoms. The van der Waals surface area contributed by atoms with Gasteiger partial charge in [0, 0.05) is 17.7 Å². The molecule has 9 nitrogen and oxygen atoms in total. The minimum absolute atomic E-state index is 0.00690. The van der Waals surface area contributed by atoms with Crippen molar-refractivity contribution in [2.75, 3.05) is 13.2 Å². The molecule has 2 rings (SSSR count). The predicted molar refractivity (Wildman–Crippen MR) is 79.0 cm³/mol. The van der Waals surface area contributed by atoms with Crippen molar-refractivity contribution < 1.29 is 33.8 Å². The first-order chi connectivity index (χ1) is 11.4. The molecule has 1 heterocycles. The van der Waals surface area contributed by atoms with Gasteiger partial charge in [-0.2, -0.15) is 0 Å². The highest BCUT2D eigenvalue weighted by Crippen LogP contribution is 2.40. The number of esters is 2. The highest BCUT2D eigenvalue weighted by molar-refractivity contribution is 6.01. The molecule has 0 amide bonds. The van der Waals surface area contributed by atoms with E-state index in [-0.39, 0.29) is 30.2 Å². The lowest BCUT2D eigenvalue weighted by Gasteiger charge is -2.25. The number of nitro groups is 1. The van der Waals surface area contributed by atoms with Gasteiger partial charge in [0.2, 0.25) is 5.76 Å². The van der Waals surface area contributed by atoms with E-state index in [0.29, 0.717) is 0 Å². The van der Waals surface area contributed by atoms with Crippen LogP contribution in [0.5, 0.6) is 5.75 Å². The molecule has 0 aliphatic carbocycles. The number of aliphatic hydroxyl groups is 1. The fourth-order valence-corrected chi connectivity index (χ4v) is 2.16. The van der Waals surface area contributed by atoms with Gasteiger partial charge in [0.15, 0.2) is 0 Å². The van der Waals surface area contributed by atoms with Crippen LogP contribution in [0, 0.1) is 10.1 Å². The summed E-state index contributed by atoms with van der Waals surface area (Å²) in [5.74, 6) is -2.39. The summed E-state index contributed by atoms with van der Waals surface area (Å²) in [6.07, 6.45) is -1.62. The molecule has 1 atom stereocenters. The van der Waals surface area contributed by atoms with E-state index in [4.69, 9.17) is 14.2 Å².